The van der Waals surface area contributed by atoms with Crippen LogP contribution in [0.5, 0.6) is 0 Å². The van der Waals surface area contributed by atoms with Gasteiger partial charge in [-0.15, -0.1) is 54.5 Å². The van der Waals surface area contributed by atoms with Crippen LogP contribution in [-0.2, 0) is 23.7 Å². The molecule has 0 saturated heterocycles. The molecule has 0 spiro atoms. The predicted molar refractivity (Wildman–Crippen MR) is 81.1 cm³/mol. The van der Waals surface area contributed by atoms with Crippen LogP contribution in [0.2, 0.25) is 0 Å². The number of benzene rings is 1. The van der Waals surface area contributed by atoms with Crippen LogP contribution < -0.4 is 0 Å². The van der Waals surface area contributed by atoms with Crippen molar-refractivity contribution >= 4 is 46.6 Å². The molecule has 2 rings (SSSR count). The Morgan fingerprint density at radius 3 is 1.89 bits per heavy atom. The monoisotopic (exact) mass is 356 g/mol. The van der Waals surface area contributed by atoms with E-state index >= 15 is 0 Å². The molecule has 0 unspecified atom stereocenters. The zero-order valence-corrected chi connectivity index (χ0v) is 14.8. The van der Waals surface area contributed by atoms with Crippen molar-refractivity contribution in [1.29, 1.82) is 0 Å². The summed E-state index contributed by atoms with van der Waals surface area (Å²) in [5.74, 6) is 0. The Morgan fingerprint density at radius 1 is 1.00 bits per heavy atom. The van der Waals surface area contributed by atoms with Crippen LogP contribution in [0.15, 0.2) is 42.5 Å². The topological polar surface area (TPSA) is 57.5 Å². The van der Waals surface area contributed by atoms with E-state index in [0.29, 0.717) is 0 Å². The van der Waals surface area contributed by atoms with Gasteiger partial charge in [0.15, 0.2) is 0 Å². The Balaban J connectivity index is -0.0000000587. The number of rotatable bonds is 1. The molecular weight excluding hydrogens is 339 g/mol. The van der Waals surface area contributed by atoms with Gasteiger partial charge in [-0.3, -0.25) is 0 Å². The van der Waals surface area contributed by atoms with Gasteiger partial charge in [-0.05, 0) is 0 Å². The van der Waals surface area contributed by atoms with Gasteiger partial charge in [-0.25, -0.2) is 0 Å². The summed E-state index contributed by atoms with van der Waals surface area (Å²) in [6, 6.07) is 14.7. The zero-order valence-electron chi connectivity index (χ0n) is 10.6. The van der Waals surface area contributed by atoms with Gasteiger partial charge >= 0.3 is 23.7 Å². The molecule has 0 aliphatic rings. The minimum absolute atomic E-state index is 0. The molecule has 0 aromatic heterocycles. The summed E-state index contributed by atoms with van der Waals surface area (Å²) in [5, 5.41) is 17.9. The molecule has 19 heavy (non-hydrogen) atoms. The first-order valence-corrected chi connectivity index (χ1v) is 5.05. The fourth-order valence-electron chi connectivity index (χ4n) is 1.07. The van der Waals surface area contributed by atoms with Crippen LogP contribution in [0.25, 0.3) is 10.8 Å². The second kappa shape index (κ2) is 23.2. The molecule has 0 saturated carbocycles. The second-order valence-electron chi connectivity index (χ2n) is 2.60. The van der Waals surface area contributed by atoms with E-state index in [1.54, 1.807) is 0 Å². The quantitative estimate of drug-likeness (QED) is 0.609. The SMILES string of the molecule is Cl.Cl.OCCO.[CH3-].[O]=[Ti+2].[Si].c1ccc2[cH-]ccc2c1. The number of aliphatic hydroxyl groups is 2. The first-order valence-electron chi connectivity index (χ1n) is 4.41. The van der Waals surface area contributed by atoms with Gasteiger partial charge in [0.25, 0.3) is 0 Å². The molecule has 7 heteroatoms. The Bertz CT molecular complexity index is 342. The summed E-state index contributed by atoms with van der Waals surface area (Å²) in [5.41, 5.74) is 0. The van der Waals surface area contributed by atoms with Crippen LogP contribution >= 0.6 is 24.8 Å². The van der Waals surface area contributed by atoms with Gasteiger partial charge in [0.2, 0.25) is 0 Å². The molecule has 0 fully saturated rings. The smallest absolute Gasteiger partial charge is 0 e. The van der Waals surface area contributed by atoms with Gasteiger partial charge in [0, 0.05) is 11.0 Å². The van der Waals surface area contributed by atoms with Crippen molar-refractivity contribution in [2.75, 3.05) is 13.2 Å². The minimum atomic E-state index is -0.125. The van der Waals surface area contributed by atoms with Crippen LogP contribution in [0.1, 0.15) is 0 Å². The van der Waals surface area contributed by atoms with E-state index in [-0.39, 0.29) is 56.4 Å². The average Bonchev–Trinajstić information content (AvgIpc) is 2.80. The third-order valence-electron chi connectivity index (χ3n) is 1.65. The van der Waals surface area contributed by atoms with Crippen LogP contribution in [0.3, 0.4) is 0 Å². The number of aliphatic hydroxyl groups excluding tert-OH is 2. The number of fused-ring (bicyclic) bond motifs is 1. The van der Waals surface area contributed by atoms with Crippen molar-refractivity contribution in [1.82, 2.24) is 0 Å². The maximum atomic E-state index is 8.25. The maximum absolute atomic E-state index is 8.25. The van der Waals surface area contributed by atoms with E-state index < -0.39 is 0 Å². The van der Waals surface area contributed by atoms with Crippen molar-refractivity contribution in [2.45, 2.75) is 0 Å². The molecule has 0 atom stereocenters. The van der Waals surface area contributed by atoms with E-state index in [1.807, 2.05) is 0 Å². The number of halogens is 2. The van der Waals surface area contributed by atoms with Gasteiger partial charge in [0.05, 0.1) is 13.2 Å². The molecule has 0 amide bonds. The summed E-state index contributed by atoms with van der Waals surface area (Å²) in [6.07, 6.45) is 0. The standard InChI is InChI=1S/C9H7.C2H6O2.CH3.2ClH.O.Si.Ti/c1-2-5-9-7-3-6-8(9)4-1;3-1-2-4;;;;;;/h1-7H;3-4H,1-2H2;1H3;2*1H;;;/q-1;;-1;;;;;+2. The third kappa shape index (κ3) is 14.3. The number of hydrogen-bond donors (Lipinski definition) is 2. The molecule has 3 nitrogen and oxygen atoms in total. The summed E-state index contributed by atoms with van der Waals surface area (Å²) in [7, 11) is 0. The van der Waals surface area contributed by atoms with Crippen LogP contribution in [0, 0.1) is 7.43 Å². The molecule has 2 aromatic carbocycles. The predicted octanol–water partition coefficient (Wildman–Crippen LogP) is 2.32. The molecule has 0 bridgehead atoms. The first kappa shape index (κ1) is 31.4. The molecular formula is C12H18Cl2O3SiTi. The molecule has 4 radical (unpaired) electrons. The molecule has 2 N–H and O–H groups in total. The van der Waals surface area contributed by atoms with Crippen molar-refractivity contribution < 1.29 is 33.9 Å². The average molecular weight is 357 g/mol. The summed E-state index contributed by atoms with van der Waals surface area (Å²) >= 11 is 0.750. The van der Waals surface area contributed by atoms with Crippen LogP contribution in [-0.4, -0.2) is 34.4 Å². The van der Waals surface area contributed by atoms with E-state index in [9.17, 15) is 0 Å². The first-order chi connectivity index (χ1) is 7.38. The van der Waals surface area contributed by atoms with Gasteiger partial charge in [-0.2, -0.15) is 17.5 Å². The Labute approximate surface area is 143 Å². The van der Waals surface area contributed by atoms with Gasteiger partial charge < -0.3 is 17.6 Å². The second-order valence-corrected chi connectivity index (χ2v) is 2.60. The number of hydrogen-bond acceptors (Lipinski definition) is 3. The van der Waals surface area contributed by atoms with Crippen molar-refractivity contribution in [2.24, 2.45) is 0 Å². The summed E-state index contributed by atoms with van der Waals surface area (Å²) < 4.78 is 8.25. The fraction of sp³-hybridized carbons (Fsp3) is 0.167. The molecule has 0 heterocycles. The van der Waals surface area contributed by atoms with Crippen molar-refractivity contribution in [3.05, 3.63) is 49.9 Å². The molecule has 106 valence electrons. The van der Waals surface area contributed by atoms with E-state index in [1.165, 1.54) is 10.8 Å². The minimum Gasteiger partial charge on any atom is -0.168 e. The van der Waals surface area contributed by atoms with Crippen molar-refractivity contribution in [3.63, 3.8) is 0 Å². The normalized spacial score (nSPS) is 6.74. The largest absolute Gasteiger partial charge is 0.168 e. The van der Waals surface area contributed by atoms with Crippen molar-refractivity contribution in [3.8, 4) is 0 Å². The Morgan fingerprint density at radius 2 is 1.47 bits per heavy atom. The van der Waals surface area contributed by atoms with E-state index in [0.717, 1.165) is 20.4 Å². The Hall–Kier alpha value is 0.0612. The maximum Gasteiger partial charge on any atom is 0 e. The fourth-order valence-corrected chi connectivity index (χ4v) is 1.07. The van der Waals surface area contributed by atoms with E-state index in [4.69, 9.17) is 13.5 Å². The van der Waals surface area contributed by atoms with Gasteiger partial charge in [-0.1, -0.05) is 6.07 Å². The summed E-state index contributed by atoms with van der Waals surface area (Å²) in [4.78, 5) is 0. The zero-order chi connectivity index (χ0) is 11.5. The molecule has 2 aromatic rings. The third-order valence-corrected chi connectivity index (χ3v) is 1.65. The Kier molecular flexibility index (Phi) is 38.4. The summed E-state index contributed by atoms with van der Waals surface area (Å²) in [6.45, 7) is -0.250. The van der Waals surface area contributed by atoms with Crippen LogP contribution in [0.4, 0.5) is 0 Å². The van der Waals surface area contributed by atoms with E-state index in [2.05, 4.69) is 42.5 Å². The molecule has 0 aliphatic carbocycles. The van der Waals surface area contributed by atoms with Gasteiger partial charge in [0.1, 0.15) is 0 Å². The molecule has 0 aliphatic heterocycles.